The van der Waals surface area contributed by atoms with Crippen molar-refractivity contribution in [2.45, 2.75) is 101 Å². The Kier molecular flexibility index (Phi) is 2.54. The minimum absolute atomic E-state index is 1.11. The molecule has 0 aromatic rings. The molecule has 0 unspecified atom stereocenters. The van der Waals surface area contributed by atoms with Crippen molar-refractivity contribution in [3.63, 3.8) is 0 Å². The van der Waals surface area contributed by atoms with E-state index < -0.39 is 0 Å². The van der Waals surface area contributed by atoms with Crippen molar-refractivity contribution in [2.75, 3.05) is 0 Å². The third-order valence-corrected chi connectivity index (χ3v) is 6.83. The number of quaternary nitrogens is 1. The largest absolute Gasteiger partial charge is 0.314 e. The highest BCUT2D eigenvalue weighted by molar-refractivity contribution is 4.90. The van der Waals surface area contributed by atoms with Crippen LogP contribution in [0.1, 0.15) is 77.0 Å². The van der Waals surface area contributed by atoms with Crippen molar-refractivity contribution >= 4 is 0 Å². The summed E-state index contributed by atoms with van der Waals surface area (Å²) in [5, 5.41) is 0. The maximum absolute atomic E-state index is 1.67. The Balaban J connectivity index is 1.65. The number of hydrogen-bond acceptors (Lipinski definition) is 0. The fraction of sp³-hybridized carbons (Fsp3) is 1.00. The first-order valence-corrected chi connectivity index (χ1v) is 8.30. The van der Waals surface area contributed by atoms with E-state index in [2.05, 4.69) is 0 Å². The third-order valence-electron chi connectivity index (χ3n) is 6.83. The van der Waals surface area contributed by atoms with Gasteiger partial charge in [-0.15, -0.1) is 0 Å². The quantitative estimate of drug-likeness (QED) is 0.645. The van der Waals surface area contributed by atoms with Gasteiger partial charge in [0.25, 0.3) is 0 Å². The Labute approximate surface area is 106 Å². The molecule has 0 heterocycles. The monoisotopic (exact) mass is 234 g/mol. The molecular weight excluding hydrogens is 206 g/mol. The lowest BCUT2D eigenvalue weighted by Gasteiger charge is -2.66. The molecule has 0 saturated heterocycles. The summed E-state index contributed by atoms with van der Waals surface area (Å²) in [6.45, 7) is 0. The van der Waals surface area contributed by atoms with Crippen LogP contribution in [0.4, 0.5) is 0 Å². The molecule has 0 aromatic carbocycles. The lowest BCUT2D eigenvalue weighted by molar-refractivity contribution is -1.03. The maximum Gasteiger partial charge on any atom is 0.0896 e. The summed E-state index contributed by atoms with van der Waals surface area (Å²) in [6.07, 6.45) is 18.7. The van der Waals surface area contributed by atoms with E-state index in [9.17, 15) is 0 Å². The van der Waals surface area contributed by atoms with E-state index in [0.717, 1.165) is 24.2 Å². The molecule has 17 heavy (non-hydrogen) atoms. The van der Waals surface area contributed by atoms with Crippen LogP contribution in [0.15, 0.2) is 0 Å². The molecule has 4 saturated carbocycles. The van der Waals surface area contributed by atoms with Crippen molar-refractivity contribution < 1.29 is 4.48 Å². The molecule has 0 N–H and O–H groups in total. The molecule has 0 spiro atoms. The van der Waals surface area contributed by atoms with E-state index in [0.29, 0.717) is 0 Å². The second-order valence-corrected chi connectivity index (χ2v) is 7.23. The number of hydrogen-bond donors (Lipinski definition) is 0. The van der Waals surface area contributed by atoms with Crippen molar-refractivity contribution in [2.24, 2.45) is 0 Å². The second-order valence-electron chi connectivity index (χ2n) is 7.23. The number of rotatable bonds is 4. The molecule has 1 nitrogen and oxygen atoms in total. The number of nitrogens with zero attached hydrogens (tertiary/aromatic N) is 1. The third kappa shape index (κ3) is 1.35. The van der Waals surface area contributed by atoms with Gasteiger partial charge in [0.1, 0.15) is 0 Å². The lowest BCUT2D eigenvalue weighted by atomic mass is 9.70. The normalized spacial score (nSPS) is 32.5. The molecule has 0 atom stereocenters. The minimum Gasteiger partial charge on any atom is -0.314 e. The first kappa shape index (κ1) is 10.8. The predicted molar refractivity (Wildman–Crippen MR) is 70.8 cm³/mol. The van der Waals surface area contributed by atoms with Crippen LogP contribution in [0.25, 0.3) is 0 Å². The van der Waals surface area contributed by atoms with Gasteiger partial charge in [-0.1, -0.05) is 0 Å². The predicted octanol–water partition coefficient (Wildman–Crippen LogP) is 4.01. The second kappa shape index (κ2) is 3.98. The SMILES string of the molecule is C1CC([N+](C2CCC2)(C2CCC2)C2CCC2)C1. The summed E-state index contributed by atoms with van der Waals surface area (Å²) in [5.74, 6) is 0. The van der Waals surface area contributed by atoms with E-state index in [4.69, 9.17) is 0 Å². The molecule has 96 valence electrons. The molecular formula is C16H28N+. The highest BCUT2D eigenvalue weighted by Crippen LogP contribution is 2.52. The Bertz CT molecular complexity index is 220. The van der Waals surface area contributed by atoms with Gasteiger partial charge in [-0.3, -0.25) is 0 Å². The average molecular weight is 234 g/mol. The van der Waals surface area contributed by atoms with Gasteiger partial charge in [0.15, 0.2) is 0 Å². The van der Waals surface area contributed by atoms with E-state index >= 15 is 0 Å². The van der Waals surface area contributed by atoms with Crippen LogP contribution in [-0.2, 0) is 0 Å². The molecule has 0 aliphatic heterocycles. The van der Waals surface area contributed by atoms with Crippen molar-refractivity contribution in [3.8, 4) is 0 Å². The summed E-state index contributed by atoms with van der Waals surface area (Å²) in [6, 6.07) is 4.43. The van der Waals surface area contributed by atoms with Crippen LogP contribution in [-0.4, -0.2) is 28.7 Å². The van der Waals surface area contributed by atoms with E-state index in [1.165, 1.54) is 25.7 Å². The molecule has 4 rings (SSSR count). The molecule has 0 radical (unpaired) electrons. The van der Waals surface area contributed by atoms with Gasteiger partial charge in [0.05, 0.1) is 24.2 Å². The minimum atomic E-state index is 1.11. The van der Waals surface area contributed by atoms with Crippen LogP contribution >= 0.6 is 0 Å². The van der Waals surface area contributed by atoms with Crippen LogP contribution in [0, 0.1) is 0 Å². The van der Waals surface area contributed by atoms with Crippen molar-refractivity contribution in [1.29, 1.82) is 0 Å². The standard InChI is InChI=1S/C16H28N/c1-5-13(6-1)17(14-7-2-8-14,15-9-3-10-15)16-11-4-12-16/h13-16H,1-12H2/q+1. The molecule has 0 aromatic heterocycles. The van der Waals surface area contributed by atoms with Crippen LogP contribution in [0.2, 0.25) is 0 Å². The highest BCUT2D eigenvalue weighted by Gasteiger charge is 2.59. The van der Waals surface area contributed by atoms with Gasteiger partial charge in [-0.2, -0.15) is 0 Å². The Morgan fingerprint density at radius 2 is 0.647 bits per heavy atom. The average Bonchev–Trinajstić information content (AvgIpc) is 1.86. The highest BCUT2D eigenvalue weighted by atomic mass is 15.5. The van der Waals surface area contributed by atoms with E-state index in [1.54, 1.807) is 55.8 Å². The first-order chi connectivity index (χ1) is 8.42. The Morgan fingerprint density at radius 1 is 0.412 bits per heavy atom. The van der Waals surface area contributed by atoms with E-state index in [-0.39, 0.29) is 0 Å². The summed E-state index contributed by atoms with van der Waals surface area (Å²) >= 11 is 0. The van der Waals surface area contributed by atoms with Gasteiger partial charge < -0.3 is 4.48 Å². The fourth-order valence-electron chi connectivity index (χ4n) is 5.12. The van der Waals surface area contributed by atoms with Crippen molar-refractivity contribution in [1.82, 2.24) is 0 Å². The fourth-order valence-corrected chi connectivity index (χ4v) is 5.12. The van der Waals surface area contributed by atoms with Gasteiger partial charge in [0.2, 0.25) is 0 Å². The topological polar surface area (TPSA) is 0 Å². The summed E-state index contributed by atoms with van der Waals surface area (Å²) < 4.78 is 1.67. The molecule has 4 aliphatic carbocycles. The zero-order chi connectivity index (χ0) is 11.3. The van der Waals surface area contributed by atoms with Gasteiger partial charge in [0, 0.05) is 0 Å². The Morgan fingerprint density at radius 3 is 0.765 bits per heavy atom. The molecule has 4 aliphatic rings. The van der Waals surface area contributed by atoms with E-state index in [1.807, 2.05) is 0 Å². The van der Waals surface area contributed by atoms with Gasteiger partial charge in [-0.05, 0) is 77.0 Å². The molecule has 0 amide bonds. The molecule has 0 bridgehead atoms. The maximum atomic E-state index is 1.67. The zero-order valence-corrected chi connectivity index (χ0v) is 11.2. The van der Waals surface area contributed by atoms with Crippen LogP contribution in [0.5, 0.6) is 0 Å². The van der Waals surface area contributed by atoms with Gasteiger partial charge >= 0.3 is 0 Å². The van der Waals surface area contributed by atoms with Crippen LogP contribution in [0.3, 0.4) is 0 Å². The Hall–Kier alpha value is -0.0400. The first-order valence-electron chi connectivity index (χ1n) is 8.30. The zero-order valence-electron chi connectivity index (χ0n) is 11.2. The lowest BCUT2D eigenvalue weighted by Crippen LogP contribution is -2.76. The van der Waals surface area contributed by atoms with Crippen molar-refractivity contribution in [3.05, 3.63) is 0 Å². The summed E-state index contributed by atoms with van der Waals surface area (Å²) in [7, 11) is 0. The van der Waals surface area contributed by atoms with Gasteiger partial charge in [-0.25, -0.2) is 0 Å². The summed E-state index contributed by atoms with van der Waals surface area (Å²) in [5.41, 5.74) is 0. The molecule has 1 heteroatoms. The van der Waals surface area contributed by atoms with Crippen LogP contribution < -0.4 is 0 Å². The smallest absolute Gasteiger partial charge is 0.0896 e. The summed E-state index contributed by atoms with van der Waals surface area (Å²) in [4.78, 5) is 0. The molecule has 4 fully saturated rings.